The second-order valence-electron chi connectivity index (χ2n) is 5.38. The first-order valence-electron chi connectivity index (χ1n) is 6.45. The molecule has 1 saturated heterocycles. The number of carbonyl (C=O) groups excluding carboxylic acids is 1. The van der Waals surface area contributed by atoms with Gasteiger partial charge in [0.15, 0.2) is 0 Å². The van der Waals surface area contributed by atoms with Crippen molar-refractivity contribution in [1.82, 2.24) is 9.88 Å². The number of piperidine rings is 1. The van der Waals surface area contributed by atoms with Gasteiger partial charge in [-0.2, -0.15) is 0 Å². The van der Waals surface area contributed by atoms with Crippen molar-refractivity contribution in [2.75, 3.05) is 13.1 Å². The Morgan fingerprint density at radius 3 is 2.47 bits per heavy atom. The normalized spacial score (nSPS) is 23.2. The highest BCUT2D eigenvalue weighted by atomic mass is 16.4. The molecule has 2 unspecified atom stereocenters. The zero-order valence-electron chi connectivity index (χ0n) is 11.2. The topological polar surface area (TPSA) is 70.5 Å². The monoisotopic (exact) mass is 262 g/mol. The summed E-state index contributed by atoms with van der Waals surface area (Å²) >= 11 is 0. The van der Waals surface area contributed by atoms with Gasteiger partial charge >= 0.3 is 5.97 Å². The molecule has 2 atom stereocenters. The highest BCUT2D eigenvalue weighted by Crippen LogP contribution is 2.23. The quantitative estimate of drug-likeness (QED) is 0.883. The largest absolute Gasteiger partial charge is 0.478 e. The smallest absolute Gasteiger partial charge is 0.338 e. The fraction of sp³-hybridized carbons (Fsp3) is 0.500. The Bertz CT molecular complexity index is 491. The van der Waals surface area contributed by atoms with Gasteiger partial charge in [-0.05, 0) is 24.3 Å². The van der Waals surface area contributed by atoms with E-state index in [2.05, 4.69) is 18.8 Å². The summed E-state index contributed by atoms with van der Waals surface area (Å²) in [5.74, 6) is -0.432. The third kappa shape index (κ3) is 2.92. The standard InChI is InChI=1S/C14H18N2O3/c1-9-5-10(2)8-16(7-9)13(17)11-3-4-15-6-12(11)14(18)19/h3-4,6,9-10H,5,7-8H2,1-2H3,(H,18,19). The molecule has 1 aliphatic rings. The fourth-order valence-corrected chi connectivity index (χ4v) is 2.75. The average molecular weight is 262 g/mol. The zero-order valence-corrected chi connectivity index (χ0v) is 11.2. The molecule has 5 nitrogen and oxygen atoms in total. The minimum Gasteiger partial charge on any atom is -0.478 e. The van der Waals surface area contributed by atoms with E-state index >= 15 is 0 Å². The molecule has 1 fully saturated rings. The molecule has 1 aromatic heterocycles. The highest BCUT2D eigenvalue weighted by molar-refractivity contribution is 6.04. The van der Waals surface area contributed by atoms with Gasteiger partial charge in [-0.15, -0.1) is 0 Å². The molecule has 1 N–H and O–H groups in total. The van der Waals surface area contributed by atoms with Crippen LogP contribution in [0.2, 0.25) is 0 Å². The maximum atomic E-state index is 12.5. The van der Waals surface area contributed by atoms with E-state index in [0.717, 1.165) is 6.42 Å². The summed E-state index contributed by atoms with van der Waals surface area (Å²) in [6.45, 7) is 5.59. The van der Waals surface area contributed by atoms with Gasteiger partial charge in [-0.25, -0.2) is 4.79 Å². The number of hydrogen-bond acceptors (Lipinski definition) is 3. The van der Waals surface area contributed by atoms with Gasteiger partial charge in [0.25, 0.3) is 5.91 Å². The molecule has 102 valence electrons. The third-order valence-electron chi connectivity index (χ3n) is 3.44. The van der Waals surface area contributed by atoms with Gasteiger partial charge in [-0.1, -0.05) is 13.8 Å². The van der Waals surface area contributed by atoms with Crippen LogP contribution in [0.1, 0.15) is 41.0 Å². The first kappa shape index (κ1) is 13.5. The summed E-state index contributed by atoms with van der Waals surface area (Å²) in [5.41, 5.74) is 0.196. The fourth-order valence-electron chi connectivity index (χ4n) is 2.75. The van der Waals surface area contributed by atoms with Gasteiger partial charge in [0.2, 0.25) is 0 Å². The second-order valence-corrected chi connectivity index (χ2v) is 5.38. The molecule has 0 radical (unpaired) electrons. The van der Waals surface area contributed by atoms with Gasteiger partial charge in [0.05, 0.1) is 11.1 Å². The predicted octanol–water partition coefficient (Wildman–Crippen LogP) is 1.90. The summed E-state index contributed by atoms with van der Waals surface area (Å²) in [4.78, 5) is 29.1. The van der Waals surface area contributed by atoms with Crippen LogP contribution in [0.3, 0.4) is 0 Å². The van der Waals surface area contributed by atoms with Crippen molar-refractivity contribution in [3.63, 3.8) is 0 Å². The molecule has 1 amide bonds. The van der Waals surface area contributed by atoms with Crippen LogP contribution in [-0.4, -0.2) is 40.0 Å². The maximum absolute atomic E-state index is 12.5. The summed E-state index contributed by atoms with van der Waals surface area (Å²) in [6, 6.07) is 1.48. The number of rotatable bonds is 2. The Kier molecular flexibility index (Phi) is 3.83. The molecule has 0 spiro atoms. The lowest BCUT2D eigenvalue weighted by Gasteiger charge is -2.35. The number of likely N-dealkylation sites (tertiary alicyclic amines) is 1. The highest BCUT2D eigenvalue weighted by Gasteiger charge is 2.28. The van der Waals surface area contributed by atoms with Crippen LogP contribution in [-0.2, 0) is 0 Å². The Hall–Kier alpha value is -1.91. The van der Waals surface area contributed by atoms with Crippen molar-refractivity contribution in [3.05, 3.63) is 29.6 Å². The molecule has 5 heteroatoms. The summed E-state index contributed by atoms with van der Waals surface area (Å²) < 4.78 is 0. The number of carboxylic acid groups (broad SMARTS) is 1. The predicted molar refractivity (Wildman–Crippen MR) is 70.0 cm³/mol. The number of nitrogens with zero attached hydrogens (tertiary/aromatic N) is 2. The first-order valence-corrected chi connectivity index (χ1v) is 6.45. The number of carbonyl (C=O) groups is 2. The lowest BCUT2D eigenvalue weighted by Crippen LogP contribution is -2.43. The molecule has 1 aliphatic heterocycles. The van der Waals surface area contributed by atoms with Gasteiger partial charge in [0, 0.05) is 25.5 Å². The van der Waals surface area contributed by atoms with Crippen LogP contribution in [0.5, 0.6) is 0 Å². The summed E-state index contributed by atoms with van der Waals surface area (Å²) in [6.07, 6.45) is 3.79. The van der Waals surface area contributed by atoms with Crippen molar-refractivity contribution in [2.24, 2.45) is 11.8 Å². The molecule has 0 saturated carbocycles. The molecule has 0 aliphatic carbocycles. The number of aromatic carboxylic acids is 1. The SMILES string of the molecule is CC1CC(C)CN(C(=O)c2ccncc2C(=O)O)C1. The summed E-state index contributed by atoms with van der Waals surface area (Å²) in [5, 5.41) is 9.11. The average Bonchev–Trinajstić information content (AvgIpc) is 2.36. The van der Waals surface area contributed by atoms with Crippen molar-refractivity contribution in [2.45, 2.75) is 20.3 Å². The minimum absolute atomic E-state index is 0.0293. The number of aromatic nitrogens is 1. The number of carboxylic acids is 1. The van der Waals surface area contributed by atoms with Crippen molar-refractivity contribution < 1.29 is 14.7 Å². The van der Waals surface area contributed by atoms with E-state index in [1.165, 1.54) is 18.5 Å². The van der Waals surface area contributed by atoms with Crippen LogP contribution in [0.15, 0.2) is 18.5 Å². The van der Waals surface area contributed by atoms with Crippen LogP contribution < -0.4 is 0 Å². The molecule has 0 bridgehead atoms. The van der Waals surface area contributed by atoms with E-state index in [-0.39, 0.29) is 17.0 Å². The molecule has 19 heavy (non-hydrogen) atoms. The minimum atomic E-state index is -1.12. The van der Waals surface area contributed by atoms with E-state index in [9.17, 15) is 9.59 Å². The molecular weight excluding hydrogens is 244 g/mol. The van der Waals surface area contributed by atoms with Gasteiger partial charge in [0.1, 0.15) is 0 Å². The van der Waals surface area contributed by atoms with Crippen LogP contribution in [0.25, 0.3) is 0 Å². The first-order chi connectivity index (χ1) is 8.99. The number of amides is 1. The Balaban J connectivity index is 2.27. The van der Waals surface area contributed by atoms with Crippen molar-refractivity contribution >= 4 is 11.9 Å². The zero-order chi connectivity index (χ0) is 14.0. The summed E-state index contributed by atoms with van der Waals surface area (Å²) in [7, 11) is 0. The van der Waals surface area contributed by atoms with Crippen molar-refractivity contribution in [3.8, 4) is 0 Å². The third-order valence-corrected chi connectivity index (χ3v) is 3.44. The molecule has 2 heterocycles. The van der Waals surface area contributed by atoms with E-state index in [0.29, 0.717) is 24.9 Å². The van der Waals surface area contributed by atoms with Crippen molar-refractivity contribution in [1.29, 1.82) is 0 Å². The number of pyridine rings is 1. The molecule has 2 rings (SSSR count). The van der Waals surface area contributed by atoms with Gasteiger partial charge in [-0.3, -0.25) is 9.78 Å². The van der Waals surface area contributed by atoms with E-state index in [4.69, 9.17) is 5.11 Å². The lowest BCUT2D eigenvalue weighted by atomic mass is 9.91. The Morgan fingerprint density at radius 1 is 1.26 bits per heavy atom. The van der Waals surface area contributed by atoms with Crippen LogP contribution in [0.4, 0.5) is 0 Å². The van der Waals surface area contributed by atoms with E-state index in [1.54, 1.807) is 4.90 Å². The second kappa shape index (κ2) is 5.38. The van der Waals surface area contributed by atoms with Crippen LogP contribution >= 0.6 is 0 Å². The van der Waals surface area contributed by atoms with E-state index in [1.807, 2.05) is 0 Å². The van der Waals surface area contributed by atoms with Gasteiger partial charge < -0.3 is 10.0 Å². The molecular formula is C14H18N2O3. The van der Waals surface area contributed by atoms with E-state index < -0.39 is 5.97 Å². The lowest BCUT2D eigenvalue weighted by molar-refractivity contribution is 0.0604. The van der Waals surface area contributed by atoms with Crippen LogP contribution in [0, 0.1) is 11.8 Å². The Morgan fingerprint density at radius 2 is 1.89 bits per heavy atom. The number of hydrogen-bond donors (Lipinski definition) is 1. The maximum Gasteiger partial charge on any atom is 0.338 e. The Labute approximate surface area is 112 Å². The molecule has 1 aromatic rings. The molecule has 0 aromatic carbocycles.